The average Bonchev–Trinajstić information content (AvgIpc) is 3.76. The van der Waals surface area contributed by atoms with E-state index in [0.717, 1.165) is 106 Å². The van der Waals surface area contributed by atoms with Crippen molar-refractivity contribution >= 4 is 44.0 Å². The quantitative estimate of drug-likeness (QED) is 0.0615. The van der Waals surface area contributed by atoms with Crippen molar-refractivity contribution in [3.8, 4) is 17.2 Å². The van der Waals surface area contributed by atoms with Gasteiger partial charge in [0.1, 0.15) is 28.6 Å². The largest absolute Gasteiger partial charge is 0.497 e. The lowest BCUT2D eigenvalue weighted by molar-refractivity contribution is -0.384. The highest BCUT2D eigenvalue weighted by Crippen LogP contribution is 2.53. The van der Waals surface area contributed by atoms with E-state index in [-0.39, 0.29) is 28.3 Å². The molecule has 2 aliphatic carbocycles. The second-order valence-corrected chi connectivity index (χ2v) is 23.8. The Kier molecular flexibility index (Phi) is 14.7. The Hall–Kier alpha value is -6.53. The number of rotatable bonds is 16. The van der Waals surface area contributed by atoms with Gasteiger partial charge in [-0.05, 0) is 141 Å². The summed E-state index contributed by atoms with van der Waals surface area (Å²) in [6.07, 6.45) is 10.6. The summed E-state index contributed by atoms with van der Waals surface area (Å²) in [5.74, 6) is 1.05. The Morgan fingerprint density at radius 2 is 1.67 bits per heavy atom. The van der Waals surface area contributed by atoms with Crippen molar-refractivity contribution in [2.24, 2.45) is 18.4 Å². The van der Waals surface area contributed by atoms with Crippen LogP contribution in [0.15, 0.2) is 114 Å². The van der Waals surface area contributed by atoms with E-state index in [4.69, 9.17) is 9.47 Å². The van der Waals surface area contributed by atoms with Gasteiger partial charge in [-0.1, -0.05) is 50.2 Å². The van der Waals surface area contributed by atoms with Gasteiger partial charge in [0.25, 0.3) is 21.6 Å². The molecule has 1 spiro atoms. The second kappa shape index (κ2) is 21.2. The molecule has 4 aromatic carbocycles. The van der Waals surface area contributed by atoms with Crippen LogP contribution >= 0.6 is 0 Å². The maximum Gasteiger partial charge on any atom is 0.293 e. The number of carbonyl (C=O) groups excluding carboxylic acids is 1. The molecule has 1 unspecified atom stereocenters. The van der Waals surface area contributed by atoms with E-state index >= 15 is 0 Å². The summed E-state index contributed by atoms with van der Waals surface area (Å²) in [6, 6.07) is 30.7. The van der Waals surface area contributed by atoms with Crippen LogP contribution in [0.3, 0.4) is 0 Å². The molecule has 1 amide bonds. The summed E-state index contributed by atoms with van der Waals surface area (Å²) in [5.41, 5.74) is 4.97. The predicted molar refractivity (Wildman–Crippen MR) is 291 cm³/mol. The first kappa shape index (κ1) is 51.9. The number of amides is 1. The van der Waals surface area contributed by atoms with Crippen molar-refractivity contribution in [1.82, 2.24) is 24.1 Å². The van der Waals surface area contributed by atoms with Crippen molar-refractivity contribution in [3.05, 3.63) is 142 Å². The number of ether oxygens (including phenoxy) is 2. The van der Waals surface area contributed by atoms with Gasteiger partial charge in [-0.15, -0.1) is 0 Å². The molecule has 2 saturated carbocycles. The van der Waals surface area contributed by atoms with E-state index in [9.17, 15) is 28.4 Å². The van der Waals surface area contributed by atoms with Crippen LogP contribution in [0.1, 0.15) is 111 Å². The number of piperidine rings is 1. The fourth-order valence-electron chi connectivity index (χ4n) is 12.1. The van der Waals surface area contributed by atoms with Crippen LogP contribution < -0.4 is 24.4 Å². The molecule has 2 saturated heterocycles. The summed E-state index contributed by atoms with van der Waals surface area (Å²) >= 11 is 0. The molecule has 17 heteroatoms. The number of nitrogens with one attached hydrogen (secondary N) is 2. The van der Waals surface area contributed by atoms with Crippen LogP contribution in [0.5, 0.6) is 17.2 Å². The van der Waals surface area contributed by atoms with Crippen molar-refractivity contribution < 1.29 is 32.7 Å². The van der Waals surface area contributed by atoms with E-state index in [1.54, 1.807) is 25.4 Å². The first-order chi connectivity index (χ1) is 35.9. The van der Waals surface area contributed by atoms with Gasteiger partial charge in [-0.25, -0.2) is 18.1 Å². The third kappa shape index (κ3) is 11.4. The number of aryl methyl sites for hydroxylation is 1. The lowest BCUT2D eigenvalue weighted by atomic mass is 9.59. The van der Waals surface area contributed by atoms with Crippen molar-refractivity contribution in [3.63, 3.8) is 0 Å². The lowest BCUT2D eigenvalue weighted by Crippen LogP contribution is -2.60. The van der Waals surface area contributed by atoms with Crippen LogP contribution in [-0.2, 0) is 23.6 Å². The number of nitrogens with zero attached hydrogens (tertiary/aromatic N) is 6. The molecule has 3 N–H and O–H groups in total. The minimum absolute atomic E-state index is 0.0252. The summed E-state index contributed by atoms with van der Waals surface area (Å²) in [4.78, 5) is 37.7. The van der Waals surface area contributed by atoms with E-state index in [2.05, 4.69) is 80.0 Å². The maximum absolute atomic E-state index is 14.2. The molecule has 4 aliphatic rings. The van der Waals surface area contributed by atoms with Gasteiger partial charge in [0.2, 0.25) is 0 Å². The van der Waals surface area contributed by atoms with E-state index in [1.807, 2.05) is 55.1 Å². The SMILES string of the molecule is COc1ccc(CN2CCN(C3CC4(CCN(c5ccc(C(=O)NS(=O)(=O)c6ccc(NCC7CCC(C)(O)CC7)c([N+](=O)[O-])c6)c(Oc6cnc7c(ccn7C)c6)c5)CC4)C3)C(c3ccccc3C(C)C)C2)cc1. The number of methoxy groups -OCH3 is 1. The number of nitro groups is 1. The molecule has 0 bridgehead atoms. The fourth-order valence-corrected chi connectivity index (χ4v) is 13.1. The first-order valence-corrected chi connectivity index (χ1v) is 27.9. The molecule has 16 nitrogen and oxygen atoms in total. The zero-order chi connectivity index (χ0) is 52.6. The van der Waals surface area contributed by atoms with Crippen LogP contribution in [0.25, 0.3) is 11.0 Å². The minimum Gasteiger partial charge on any atom is -0.497 e. The zero-order valence-corrected chi connectivity index (χ0v) is 44.5. The molecule has 2 aromatic heterocycles. The van der Waals surface area contributed by atoms with Gasteiger partial charge in [-0.3, -0.25) is 24.7 Å². The number of aliphatic hydroxyl groups is 1. The van der Waals surface area contributed by atoms with Crippen LogP contribution in [-0.4, -0.2) is 102 Å². The van der Waals surface area contributed by atoms with Crippen molar-refractivity contribution in [2.75, 3.05) is 56.6 Å². The molecule has 10 rings (SSSR count). The maximum atomic E-state index is 14.2. The van der Waals surface area contributed by atoms with Gasteiger partial charge < -0.3 is 29.4 Å². The molecule has 75 heavy (non-hydrogen) atoms. The molecule has 396 valence electrons. The number of aromatic nitrogens is 2. The lowest BCUT2D eigenvalue weighted by Gasteiger charge is -2.58. The Balaban J connectivity index is 0.836. The van der Waals surface area contributed by atoms with E-state index in [0.29, 0.717) is 43.1 Å². The standard InChI is InChI=1S/C58H70N8O8S/c1-39(2)48-8-6-7-9-49(48)53-38-63(37-41-10-13-45(73-5)14-11-41)28-29-65(53)44-33-58(34-44)23-26-64(27-24-58)43-12-16-50(54(31-43)74-46-30-42-20-25-62(4)55(42)60-36-46)56(67)61-75(71,72)47-15-17-51(52(32-47)66(69)70)59-35-40-18-21-57(3,68)22-19-40/h6-17,20,25,30-32,36,39-40,44,53,59,68H,18-19,21-24,26-29,33-35,37-38H2,1-5H3,(H,61,67). The molecular weight excluding hydrogens is 969 g/mol. The third-order valence-electron chi connectivity index (χ3n) is 16.6. The molecule has 0 radical (unpaired) electrons. The monoisotopic (exact) mass is 1040 g/mol. The highest BCUT2D eigenvalue weighted by atomic mass is 32.2. The van der Waals surface area contributed by atoms with Gasteiger partial charge in [0.15, 0.2) is 0 Å². The number of benzene rings is 4. The average molecular weight is 1040 g/mol. The number of pyridine rings is 1. The molecule has 2 aliphatic heterocycles. The molecule has 4 fully saturated rings. The number of nitro benzene ring substituents is 1. The number of anilines is 2. The van der Waals surface area contributed by atoms with Crippen LogP contribution in [0, 0.1) is 21.4 Å². The second-order valence-electron chi connectivity index (χ2n) is 22.2. The minimum atomic E-state index is -4.59. The zero-order valence-electron chi connectivity index (χ0n) is 43.7. The van der Waals surface area contributed by atoms with Gasteiger partial charge in [0.05, 0.1) is 34.3 Å². The molecule has 4 heterocycles. The van der Waals surface area contributed by atoms with Crippen LogP contribution in [0.4, 0.5) is 17.1 Å². The van der Waals surface area contributed by atoms with Crippen LogP contribution in [0.2, 0.25) is 0 Å². The van der Waals surface area contributed by atoms with Crippen molar-refractivity contribution in [2.45, 2.75) is 107 Å². The number of hydrogen-bond acceptors (Lipinski definition) is 13. The summed E-state index contributed by atoms with van der Waals surface area (Å²) in [6.45, 7) is 12.3. The molecular formula is C58H70N8O8S. The summed E-state index contributed by atoms with van der Waals surface area (Å²) in [7, 11) is -0.992. The van der Waals surface area contributed by atoms with Gasteiger partial charge >= 0.3 is 0 Å². The predicted octanol–water partition coefficient (Wildman–Crippen LogP) is 10.2. The number of hydrogen-bond donors (Lipinski definition) is 3. The molecule has 6 aromatic rings. The van der Waals surface area contributed by atoms with Gasteiger partial charge in [-0.2, -0.15) is 0 Å². The fraction of sp³-hybridized carbons (Fsp3) is 0.448. The first-order valence-electron chi connectivity index (χ1n) is 26.4. The topological polar surface area (TPSA) is 185 Å². The number of piperazine rings is 1. The van der Waals surface area contributed by atoms with Crippen molar-refractivity contribution in [1.29, 1.82) is 0 Å². The molecule has 1 atom stereocenters. The smallest absolute Gasteiger partial charge is 0.293 e. The highest BCUT2D eigenvalue weighted by molar-refractivity contribution is 7.90. The Labute approximate surface area is 440 Å². The highest BCUT2D eigenvalue weighted by Gasteiger charge is 2.50. The Morgan fingerprint density at radius 3 is 2.39 bits per heavy atom. The number of fused-ring (bicyclic) bond motifs is 1. The number of carbonyl (C=O) groups is 1. The van der Waals surface area contributed by atoms with E-state index in [1.165, 1.54) is 28.8 Å². The summed E-state index contributed by atoms with van der Waals surface area (Å²) < 4.78 is 43.7. The Bertz CT molecular complexity index is 3150. The van der Waals surface area contributed by atoms with Gasteiger partial charge in [0, 0.05) is 94.3 Å². The number of sulfonamides is 1. The Morgan fingerprint density at radius 1 is 0.920 bits per heavy atom. The summed E-state index contributed by atoms with van der Waals surface area (Å²) in [5, 5.41) is 26.6. The van der Waals surface area contributed by atoms with E-state index < -0.39 is 37.0 Å². The normalized spacial score (nSPS) is 21.5. The third-order valence-corrected chi connectivity index (χ3v) is 18.0.